The Morgan fingerprint density at radius 1 is 1.22 bits per heavy atom. The summed E-state index contributed by atoms with van der Waals surface area (Å²) in [5.41, 5.74) is 0.813. The summed E-state index contributed by atoms with van der Waals surface area (Å²) in [6.07, 6.45) is -3.73. The normalized spacial score (nSPS) is 15.6. The fourth-order valence-electron chi connectivity index (χ4n) is 3.47. The zero-order chi connectivity index (χ0) is 26.1. The van der Waals surface area contributed by atoms with E-state index in [2.05, 4.69) is 25.5 Å². The Labute approximate surface area is 203 Å². The van der Waals surface area contributed by atoms with E-state index in [9.17, 15) is 22.4 Å². The molecule has 0 bridgehead atoms. The van der Waals surface area contributed by atoms with Gasteiger partial charge in [-0.1, -0.05) is 5.87 Å². The molecular weight excluding hydrogens is 505 g/mol. The summed E-state index contributed by atoms with van der Waals surface area (Å²) in [6.45, 7) is -0.324. The molecule has 2 aromatic carbocycles. The molecule has 1 atom stereocenters. The van der Waals surface area contributed by atoms with E-state index in [1.54, 1.807) is 11.4 Å². The van der Waals surface area contributed by atoms with Gasteiger partial charge in [0, 0.05) is 12.1 Å². The quantitative estimate of drug-likeness (QED) is 0.337. The van der Waals surface area contributed by atoms with E-state index in [0.29, 0.717) is 5.69 Å². The summed E-state index contributed by atoms with van der Waals surface area (Å²) in [6, 6.07) is 6.20. The van der Waals surface area contributed by atoms with Crippen molar-refractivity contribution in [1.82, 2.24) is 15.3 Å². The number of nitrogens with zero attached hydrogens (tertiary/aromatic N) is 3. The lowest BCUT2D eigenvalue weighted by molar-refractivity contribution is -0.142. The lowest BCUT2D eigenvalue weighted by Gasteiger charge is -2.24. The molecule has 3 aromatic rings. The molecule has 192 valence electrons. The molecule has 0 radical (unpaired) electrons. The average Bonchev–Trinajstić information content (AvgIpc) is 2.77. The van der Waals surface area contributed by atoms with E-state index in [1.165, 1.54) is 25.4 Å². The fraction of sp³-hybridized carbons (Fsp3) is 0.304. The number of amides is 1. The van der Waals surface area contributed by atoms with Gasteiger partial charge in [-0.3, -0.25) is 4.79 Å². The minimum atomic E-state index is -4.60. The first-order valence-corrected chi connectivity index (χ1v) is 12.9. The number of anilines is 2. The van der Waals surface area contributed by atoms with Gasteiger partial charge in [-0.25, -0.2) is 23.1 Å². The molecule has 13 heteroatoms. The maximum absolute atomic E-state index is 15.1. The highest BCUT2D eigenvalue weighted by molar-refractivity contribution is 8.03. The number of aromatic nitrogens is 2. The van der Waals surface area contributed by atoms with Crippen LogP contribution >= 0.6 is 0 Å². The van der Waals surface area contributed by atoms with Crippen molar-refractivity contribution in [3.8, 4) is 5.75 Å². The summed E-state index contributed by atoms with van der Waals surface area (Å²) < 4.78 is 76.2. The van der Waals surface area contributed by atoms with Crippen molar-refractivity contribution in [3.05, 3.63) is 48.3 Å². The topological polar surface area (TPSA) is 88.5 Å². The number of nitrogens with one attached hydrogen (secondary N) is 2. The second-order valence-corrected chi connectivity index (χ2v) is 11.3. The number of hydrogen-bond acceptors (Lipinski definition) is 6. The van der Waals surface area contributed by atoms with Crippen molar-refractivity contribution in [3.63, 3.8) is 0 Å². The number of ether oxygens (including phenoxy) is 1. The molecule has 0 unspecified atom stereocenters. The Balaban J connectivity index is 1.62. The number of carbonyl (C=O) groups excluding carboxylic acids is 1. The average molecular weight is 528 g/mol. The number of carbonyl (C=O) groups is 1. The molecule has 1 fully saturated rings. The molecule has 1 saturated heterocycles. The standard InChI is InChI=1S/C23H22F5N5O2S/c1-13(22(34)29-11-23(26,27)28)35-19-8-14(24)4-5-17(19)32-21-20-16(25)9-15(10-18(20)30-12-31-21)33-36(2)6-3-7-36/h4-5,8-10,12-13H,2-3,6-7,11H2,1H3,(H,29,34)(H,30,31,32)/t13-/m1/s1. The van der Waals surface area contributed by atoms with Gasteiger partial charge in [0.15, 0.2) is 6.10 Å². The van der Waals surface area contributed by atoms with Gasteiger partial charge < -0.3 is 15.4 Å². The van der Waals surface area contributed by atoms with Gasteiger partial charge in [0.2, 0.25) is 0 Å². The van der Waals surface area contributed by atoms with Gasteiger partial charge in [0.05, 0.1) is 22.3 Å². The summed E-state index contributed by atoms with van der Waals surface area (Å²) in [7, 11) is -1.37. The molecular formula is C23H22F5N5O2S. The Kier molecular flexibility index (Phi) is 7.03. The molecule has 2 heterocycles. The van der Waals surface area contributed by atoms with Crippen molar-refractivity contribution < 1.29 is 31.5 Å². The van der Waals surface area contributed by atoms with Crippen LogP contribution in [0.15, 0.2) is 41.0 Å². The van der Waals surface area contributed by atoms with Gasteiger partial charge in [0.25, 0.3) is 5.91 Å². The van der Waals surface area contributed by atoms with Crippen LogP contribution in [0.4, 0.5) is 39.1 Å². The van der Waals surface area contributed by atoms with Gasteiger partial charge in [0.1, 0.15) is 36.1 Å². The third kappa shape index (κ3) is 6.01. The molecule has 36 heavy (non-hydrogen) atoms. The Bertz CT molecular complexity index is 1430. The number of rotatable bonds is 7. The summed E-state index contributed by atoms with van der Waals surface area (Å²) in [5.74, 6) is 3.38. The van der Waals surface area contributed by atoms with E-state index < -0.39 is 45.8 Å². The molecule has 1 aliphatic rings. The molecule has 1 amide bonds. The smallest absolute Gasteiger partial charge is 0.405 e. The van der Waals surface area contributed by atoms with Crippen molar-refractivity contribution in [1.29, 1.82) is 0 Å². The largest absolute Gasteiger partial charge is 0.479 e. The first kappa shape index (κ1) is 25.6. The van der Waals surface area contributed by atoms with Crippen LogP contribution in [-0.4, -0.2) is 52.1 Å². The van der Waals surface area contributed by atoms with Crippen LogP contribution in [-0.2, 0) is 14.2 Å². The molecule has 0 aliphatic carbocycles. The van der Waals surface area contributed by atoms with Gasteiger partial charge in [-0.15, -0.1) is 9.41 Å². The van der Waals surface area contributed by atoms with Crippen molar-refractivity contribution in [2.45, 2.75) is 25.6 Å². The predicted molar refractivity (Wildman–Crippen MR) is 129 cm³/mol. The van der Waals surface area contributed by atoms with Gasteiger partial charge in [-0.05, 0) is 43.0 Å². The minimum absolute atomic E-state index is 0.0370. The highest BCUT2D eigenvalue weighted by Gasteiger charge is 2.29. The third-order valence-electron chi connectivity index (χ3n) is 5.36. The Morgan fingerprint density at radius 3 is 2.64 bits per heavy atom. The fourth-order valence-corrected chi connectivity index (χ4v) is 5.16. The van der Waals surface area contributed by atoms with Gasteiger partial charge in [-0.2, -0.15) is 13.2 Å². The van der Waals surface area contributed by atoms with E-state index in [0.717, 1.165) is 30.1 Å². The summed E-state index contributed by atoms with van der Waals surface area (Å²) in [5, 5.41) is 4.59. The van der Waals surface area contributed by atoms with E-state index in [4.69, 9.17) is 4.74 Å². The molecule has 0 spiro atoms. The van der Waals surface area contributed by atoms with Crippen LogP contribution < -0.4 is 15.4 Å². The van der Waals surface area contributed by atoms with E-state index >= 15 is 4.39 Å². The first-order chi connectivity index (χ1) is 16.9. The SMILES string of the molecule is C=S1(=Nc2cc(F)c3c(Nc4ccc(F)cc4O[C@H](C)C(=O)NCC(F)(F)F)ncnc3c2)CCC1. The predicted octanol–water partition coefficient (Wildman–Crippen LogP) is 4.90. The number of halogens is 5. The zero-order valence-corrected chi connectivity index (χ0v) is 19.8. The molecule has 1 aliphatic heterocycles. The van der Waals surface area contributed by atoms with Crippen molar-refractivity contribution in [2.24, 2.45) is 4.36 Å². The van der Waals surface area contributed by atoms with Crippen LogP contribution in [0.5, 0.6) is 5.75 Å². The maximum atomic E-state index is 15.1. The Morgan fingerprint density at radius 2 is 1.97 bits per heavy atom. The second kappa shape index (κ2) is 9.88. The van der Waals surface area contributed by atoms with E-state index in [-0.39, 0.29) is 28.2 Å². The lowest BCUT2D eigenvalue weighted by Crippen LogP contribution is -2.41. The minimum Gasteiger partial charge on any atom is -0.479 e. The highest BCUT2D eigenvalue weighted by Crippen LogP contribution is 2.34. The third-order valence-corrected chi connectivity index (χ3v) is 8.05. The van der Waals surface area contributed by atoms with Crippen molar-refractivity contribution in [2.75, 3.05) is 23.4 Å². The lowest BCUT2D eigenvalue weighted by atomic mass is 10.2. The number of fused-ring (bicyclic) bond motifs is 1. The maximum Gasteiger partial charge on any atom is 0.405 e. The second-order valence-electron chi connectivity index (χ2n) is 8.26. The molecule has 1 aromatic heterocycles. The molecule has 4 rings (SSSR count). The summed E-state index contributed by atoms with van der Waals surface area (Å²) in [4.78, 5) is 20.2. The number of benzene rings is 2. The number of alkyl halides is 3. The number of hydrogen-bond donors (Lipinski definition) is 2. The molecule has 0 saturated carbocycles. The Hall–Kier alpha value is -3.48. The van der Waals surface area contributed by atoms with Crippen LogP contribution in [0.2, 0.25) is 0 Å². The van der Waals surface area contributed by atoms with Gasteiger partial charge >= 0.3 is 6.18 Å². The monoisotopic (exact) mass is 527 g/mol. The first-order valence-electron chi connectivity index (χ1n) is 10.8. The highest BCUT2D eigenvalue weighted by atomic mass is 32.2. The van der Waals surface area contributed by atoms with Crippen LogP contribution in [0.3, 0.4) is 0 Å². The van der Waals surface area contributed by atoms with Crippen LogP contribution in [0.25, 0.3) is 10.9 Å². The van der Waals surface area contributed by atoms with E-state index in [1.807, 2.05) is 0 Å². The zero-order valence-electron chi connectivity index (χ0n) is 19.0. The molecule has 2 N–H and O–H groups in total. The molecule has 7 nitrogen and oxygen atoms in total. The van der Waals surface area contributed by atoms with Crippen LogP contribution in [0.1, 0.15) is 13.3 Å². The van der Waals surface area contributed by atoms with Crippen molar-refractivity contribution >= 4 is 49.3 Å². The summed E-state index contributed by atoms with van der Waals surface area (Å²) >= 11 is 0. The van der Waals surface area contributed by atoms with Crippen LogP contribution in [0, 0.1) is 11.6 Å².